The van der Waals surface area contributed by atoms with Crippen molar-refractivity contribution in [1.29, 1.82) is 0 Å². The molecule has 6 heteroatoms. The number of nitrogens with one attached hydrogen (secondary N) is 2. The molecular weight excluding hydrogens is 232 g/mol. The molecule has 1 heterocycles. The number of amides is 1. The maximum Gasteiger partial charge on any atom is 0.234 e. The summed E-state index contributed by atoms with van der Waals surface area (Å²) in [6.07, 6.45) is 1.26. The van der Waals surface area contributed by atoms with Crippen molar-refractivity contribution in [3.8, 4) is 0 Å². The van der Waals surface area contributed by atoms with Crippen molar-refractivity contribution in [1.82, 2.24) is 20.8 Å². The standard InChI is InChI=1S/C12H14N4O2/c17-12(8-13-7-11-15-9-18-16-11)14-6-10-4-2-1-3-5-10/h1-5,9,13H,6-8H2,(H,14,17). The summed E-state index contributed by atoms with van der Waals surface area (Å²) in [5.74, 6) is 0.466. The van der Waals surface area contributed by atoms with Gasteiger partial charge in [-0.15, -0.1) is 0 Å². The quantitative estimate of drug-likeness (QED) is 0.774. The predicted molar refractivity (Wildman–Crippen MR) is 64.3 cm³/mol. The highest BCUT2D eigenvalue weighted by Gasteiger charge is 2.02. The van der Waals surface area contributed by atoms with Gasteiger partial charge in [0.2, 0.25) is 12.3 Å². The number of rotatable bonds is 6. The van der Waals surface area contributed by atoms with Crippen LogP contribution in [0, 0.1) is 0 Å². The van der Waals surface area contributed by atoms with Crippen LogP contribution in [0.25, 0.3) is 0 Å². The highest BCUT2D eigenvalue weighted by atomic mass is 16.5. The van der Waals surface area contributed by atoms with Gasteiger partial charge in [0.05, 0.1) is 13.1 Å². The van der Waals surface area contributed by atoms with Gasteiger partial charge in [-0.25, -0.2) is 0 Å². The van der Waals surface area contributed by atoms with Gasteiger partial charge in [0, 0.05) is 6.54 Å². The Kier molecular flexibility index (Phi) is 4.43. The minimum absolute atomic E-state index is 0.0673. The Hall–Kier alpha value is -2.21. The van der Waals surface area contributed by atoms with Crippen LogP contribution in [-0.4, -0.2) is 22.6 Å². The maximum absolute atomic E-state index is 11.5. The normalized spacial score (nSPS) is 10.2. The summed E-state index contributed by atoms with van der Waals surface area (Å²) in [6, 6.07) is 9.75. The van der Waals surface area contributed by atoms with E-state index in [0.29, 0.717) is 18.9 Å². The summed E-state index contributed by atoms with van der Waals surface area (Å²) in [5.41, 5.74) is 1.07. The molecule has 2 aromatic rings. The monoisotopic (exact) mass is 246 g/mol. The highest BCUT2D eigenvalue weighted by molar-refractivity contribution is 5.77. The fraction of sp³-hybridized carbons (Fsp3) is 0.250. The van der Waals surface area contributed by atoms with E-state index in [0.717, 1.165) is 5.56 Å². The molecule has 2 rings (SSSR count). The van der Waals surface area contributed by atoms with Gasteiger partial charge in [0.25, 0.3) is 0 Å². The van der Waals surface area contributed by atoms with Crippen molar-refractivity contribution in [2.45, 2.75) is 13.1 Å². The minimum atomic E-state index is -0.0673. The van der Waals surface area contributed by atoms with Gasteiger partial charge in [0.1, 0.15) is 0 Å². The lowest BCUT2D eigenvalue weighted by Crippen LogP contribution is -2.33. The summed E-state index contributed by atoms with van der Waals surface area (Å²) >= 11 is 0. The van der Waals surface area contributed by atoms with Gasteiger partial charge in [-0.1, -0.05) is 35.5 Å². The molecule has 0 bridgehead atoms. The summed E-state index contributed by atoms with van der Waals surface area (Å²) < 4.78 is 4.58. The fourth-order valence-electron chi connectivity index (χ4n) is 1.42. The third-order valence-electron chi connectivity index (χ3n) is 2.31. The Morgan fingerprint density at radius 1 is 1.22 bits per heavy atom. The van der Waals surface area contributed by atoms with E-state index < -0.39 is 0 Å². The zero-order valence-electron chi connectivity index (χ0n) is 9.80. The molecule has 0 aliphatic heterocycles. The number of hydrogen-bond donors (Lipinski definition) is 2. The Morgan fingerprint density at radius 3 is 2.78 bits per heavy atom. The lowest BCUT2D eigenvalue weighted by Gasteiger charge is -2.05. The van der Waals surface area contributed by atoms with Crippen LogP contribution in [0.4, 0.5) is 0 Å². The third-order valence-corrected chi connectivity index (χ3v) is 2.31. The van der Waals surface area contributed by atoms with Gasteiger partial charge in [-0.2, -0.15) is 4.98 Å². The number of hydrogen-bond acceptors (Lipinski definition) is 5. The van der Waals surface area contributed by atoms with Gasteiger partial charge in [0.15, 0.2) is 5.82 Å². The molecule has 0 atom stereocenters. The molecular formula is C12H14N4O2. The van der Waals surface area contributed by atoms with E-state index in [-0.39, 0.29) is 12.5 Å². The largest absolute Gasteiger partial charge is 0.351 e. The molecule has 6 nitrogen and oxygen atoms in total. The first-order valence-electron chi connectivity index (χ1n) is 5.61. The highest BCUT2D eigenvalue weighted by Crippen LogP contribution is 1.96. The smallest absolute Gasteiger partial charge is 0.234 e. The zero-order valence-corrected chi connectivity index (χ0v) is 9.80. The van der Waals surface area contributed by atoms with E-state index in [1.54, 1.807) is 0 Å². The van der Waals surface area contributed by atoms with Crippen LogP contribution in [0.15, 0.2) is 41.2 Å². The second kappa shape index (κ2) is 6.51. The summed E-state index contributed by atoms with van der Waals surface area (Å²) in [6.45, 7) is 1.17. The lowest BCUT2D eigenvalue weighted by atomic mass is 10.2. The first-order valence-corrected chi connectivity index (χ1v) is 5.61. The molecule has 1 amide bonds. The average Bonchev–Trinajstić information content (AvgIpc) is 2.91. The van der Waals surface area contributed by atoms with Crippen molar-refractivity contribution >= 4 is 5.91 Å². The second-order valence-electron chi connectivity index (χ2n) is 3.71. The van der Waals surface area contributed by atoms with Crippen LogP contribution < -0.4 is 10.6 Å². The third kappa shape index (κ3) is 3.99. The van der Waals surface area contributed by atoms with Gasteiger partial charge in [-0.05, 0) is 5.56 Å². The molecule has 2 N–H and O–H groups in total. The summed E-state index contributed by atoms with van der Waals surface area (Å²) in [7, 11) is 0. The number of aromatic nitrogens is 2. The van der Waals surface area contributed by atoms with Gasteiger partial charge >= 0.3 is 0 Å². The van der Waals surface area contributed by atoms with Crippen LogP contribution in [0.3, 0.4) is 0 Å². The lowest BCUT2D eigenvalue weighted by molar-refractivity contribution is -0.120. The SMILES string of the molecule is O=C(CNCc1ncon1)NCc1ccccc1. The van der Waals surface area contributed by atoms with E-state index in [1.165, 1.54) is 6.39 Å². The van der Waals surface area contributed by atoms with E-state index in [9.17, 15) is 4.79 Å². The maximum atomic E-state index is 11.5. The topological polar surface area (TPSA) is 80.1 Å². The predicted octanol–water partition coefficient (Wildman–Crippen LogP) is 0.476. The number of nitrogens with zero attached hydrogens (tertiary/aromatic N) is 2. The number of carbonyl (C=O) groups is 1. The Morgan fingerprint density at radius 2 is 2.06 bits per heavy atom. The van der Waals surface area contributed by atoms with Crippen molar-refractivity contribution in [2.75, 3.05) is 6.54 Å². The molecule has 94 valence electrons. The Labute approximate surface area is 104 Å². The molecule has 18 heavy (non-hydrogen) atoms. The molecule has 0 fully saturated rings. The number of carbonyl (C=O) groups excluding carboxylic acids is 1. The van der Waals surface area contributed by atoms with Crippen molar-refractivity contribution in [2.24, 2.45) is 0 Å². The first-order chi connectivity index (χ1) is 8.84. The van der Waals surface area contributed by atoms with Gasteiger partial charge < -0.3 is 15.2 Å². The molecule has 0 radical (unpaired) electrons. The van der Waals surface area contributed by atoms with E-state index in [4.69, 9.17) is 0 Å². The van der Waals surface area contributed by atoms with Crippen LogP contribution in [-0.2, 0) is 17.9 Å². The summed E-state index contributed by atoms with van der Waals surface area (Å²) in [5, 5.41) is 9.37. The molecule has 0 aliphatic rings. The van der Waals surface area contributed by atoms with Crippen molar-refractivity contribution in [3.05, 3.63) is 48.1 Å². The molecule has 1 aromatic carbocycles. The molecule has 1 aromatic heterocycles. The Balaban J connectivity index is 1.63. The molecule has 0 unspecified atom stereocenters. The molecule has 0 aliphatic carbocycles. The van der Waals surface area contributed by atoms with Crippen LogP contribution in [0.1, 0.15) is 11.4 Å². The molecule has 0 saturated carbocycles. The number of benzene rings is 1. The minimum Gasteiger partial charge on any atom is -0.351 e. The molecule has 0 saturated heterocycles. The second-order valence-corrected chi connectivity index (χ2v) is 3.71. The first kappa shape index (κ1) is 12.3. The fourth-order valence-corrected chi connectivity index (χ4v) is 1.42. The summed E-state index contributed by atoms with van der Waals surface area (Å²) in [4.78, 5) is 15.3. The zero-order chi connectivity index (χ0) is 12.6. The van der Waals surface area contributed by atoms with Crippen LogP contribution in [0.2, 0.25) is 0 Å². The Bertz CT molecular complexity index is 470. The molecule has 0 spiro atoms. The van der Waals surface area contributed by atoms with Crippen molar-refractivity contribution < 1.29 is 9.32 Å². The van der Waals surface area contributed by atoms with Crippen LogP contribution >= 0.6 is 0 Å². The van der Waals surface area contributed by atoms with E-state index in [2.05, 4.69) is 25.3 Å². The van der Waals surface area contributed by atoms with E-state index in [1.807, 2.05) is 30.3 Å². The average molecular weight is 246 g/mol. The van der Waals surface area contributed by atoms with Crippen LogP contribution in [0.5, 0.6) is 0 Å². The van der Waals surface area contributed by atoms with Gasteiger partial charge in [-0.3, -0.25) is 4.79 Å². The van der Waals surface area contributed by atoms with Crippen molar-refractivity contribution in [3.63, 3.8) is 0 Å². The van der Waals surface area contributed by atoms with E-state index >= 15 is 0 Å².